The van der Waals surface area contributed by atoms with Gasteiger partial charge in [-0.15, -0.1) is 0 Å². The van der Waals surface area contributed by atoms with E-state index in [0.717, 1.165) is 22.8 Å². The number of benzene rings is 1. The highest BCUT2D eigenvalue weighted by Crippen LogP contribution is 2.41. The summed E-state index contributed by atoms with van der Waals surface area (Å²) in [6, 6.07) is 22.0. The fraction of sp³-hybridized carbons (Fsp3) is 0.125. The highest BCUT2D eigenvalue weighted by molar-refractivity contribution is 7.80. The molecule has 2 atom stereocenters. The standard InChI is InChI=1S/C24H20FN5S/c25-17-9-11-19(12-10-17)30-23(22(28-24(30)31)20-7-2-4-14-27-20)21-8-5-15-29(21)16-18-6-1-3-13-26-18/h1-15,22-23H,16H2,(H,28,31). The van der Waals surface area contributed by atoms with Gasteiger partial charge in [-0.25, -0.2) is 4.39 Å². The van der Waals surface area contributed by atoms with Crippen LogP contribution in [0.15, 0.2) is 91.4 Å². The first kappa shape index (κ1) is 19.4. The van der Waals surface area contributed by atoms with Crippen LogP contribution in [0.3, 0.4) is 0 Å². The van der Waals surface area contributed by atoms with Gasteiger partial charge in [-0.2, -0.15) is 0 Å². The summed E-state index contributed by atoms with van der Waals surface area (Å²) < 4.78 is 15.8. The van der Waals surface area contributed by atoms with Crippen molar-refractivity contribution in [1.82, 2.24) is 19.9 Å². The van der Waals surface area contributed by atoms with E-state index in [1.165, 1.54) is 12.1 Å². The second-order valence-corrected chi connectivity index (χ2v) is 7.74. The maximum Gasteiger partial charge on any atom is 0.174 e. The van der Waals surface area contributed by atoms with Crippen molar-refractivity contribution in [3.05, 3.63) is 114 Å². The number of nitrogens with zero attached hydrogens (tertiary/aromatic N) is 4. The van der Waals surface area contributed by atoms with Gasteiger partial charge in [0.15, 0.2) is 5.11 Å². The van der Waals surface area contributed by atoms with Crippen molar-refractivity contribution in [1.29, 1.82) is 0 Å². The first-order valence-electron chi connectivity index (χ1n) is 10.0. The molecule has 1 aliphatic heterocycles. The molecule has 2 unspecified atom stereocenters. The summed E-state index contributed by atoms with van der Waals surface area (Å²) in [4.78, 5) is 11.1. The normalized spacial score (nSPS) is 18.2. The van der Waals surface area contributed by atoms with Crippen molar-refractivity contribution in [2.24, 2.45) is 0 Å². The number of thiocarbonyl (C=S) groups is 1. The molecule has 7 heteroatoms. The van der Waals surface area contributed by atoms with Gasteiger partial charge in [0.25, 0.3) is 0 Å². The number of anilines is 1. The maximum atomic E-state index is 13.6. The van der Waals surface area contributed by atoms with Gasteiger partial charge in [-0.05, 0) is 72.9 Å². The van der Waals surface area contributed by atoms with Crippen LogP contribution >= 0.6 is 12.2 Å². The lowest BCUT2D eigenvalue weighted by Crippen LogP contribution is -2.30. The molecule has 31 heavy (non-hydrogen) atoms. The summed E-state index contributed by atoms with van der Waals surface area (Å²) in [6.45, 7) is 0.638. The minimum atomic E-state index is -0.279. The van der Waals surface area contributed by atoms with Crippen molar-refractivity contribution in [2.75, 3.05) is 4.90 Å². The summed E-state index contributed by atoms with van der Waals surface area (Å²) in [5.74, 6) is -0.279. The Morgan fingerprint density at radius 2 is 1.68 bits per heavy atom. The third kappa shape index (κ3) is 3.80. The third-order valence-electron chi connectivity index (χ3n) is 5.43. The molecule has 5 nitrogen and oxygen atoms in total. The smallest absolute Gasteiger partial charge is 0.174 e. The number of hydrogen-bond donors (Lipinski definition) is 1. The Labute approximate surface area is 185 Å². The summed E-state index contributed by atoms with van der Waals surface area (Å²) in [5.41, 5.74) is 3.76. The van der Waals surface area contributed by atoms with E-state index in [1.807, 2.05) is 53.6 Å². The van der Waals surface area contributed by atoms with Gasteiger partial charge in [-0.1, -0.05) is 12.1 Å². The number of rotatable bonds is 5. The average Bonchev–Trinajstić information content (AvgIpc) is 3.39. The Morgan fingerprint density at radius 1 is 0.903 bits per heavy atom. The lowest BCUT2D eigenvalue weighted by Gasteiger charge is -2.29. The molecule has 154 valence electrons. The predicted molar refractivity (Wildman–Crippen MR) is 122 cm³/mol. The van der Waals surface area contributed by atoms with E-state index in [9.17, 15) is 4.39 Å². The van der Waals surface area contributed by atoms with E-state index in [0.29, 0.717) is 11.7 Å². The fourth-order valence-electron chi connectivity index (χ4n) is 4.04. The van der Waals surface area contributed by atoms with Crippen LogP contribution in [0.2, 0.25) is 0 Å². The number of halogens is 1. The van der Waals surface area contributed by atoms with Crippen LogP contribution in [0.5, 0.6) is 0 Å². The molecule has 0 amide bonds. The zero-order chi connectivity index (χ0) is 21.2. The second-order valence-electron chi connectivity index (χ2n) is 7.36. The minimum Gasteiger partial charge on any atom is -0.351 e. The lowest BCUT2D eigenvalue weighted by atomic mass is 10.0. The van der Waals surface area contributed by atoms with Crippen molar-refractivity contribution >= 4 is 23.0 Å². The van der Waals surface area contributed by atoms with E-state index >= 15 is 0 Å². The number of pyridine rings is 2. The van der Waals surface area contributed by atoms with Gasteiger partial charge in [0.1, 0.15) is 11.9 Å². The molecule has 0 aliphatic carbocycles. The highest BCUT2D eigenvalue weighted by Gasteiger charge is 2.42. The fourth-order valence-corrected chi connectivity index (χ4v) is 4.39. The SMILES string of the molecule is Fc1ccc(N2C(=S)NC(c3ccccn3)C2c2cccn2Cc2ccccn2)cc1. The Hall–Kier alpha value is -3.58. The molecule has 4 heterocycles. The largest absolute Gasteiger partial charge is 0.351 e. The number of hydrogen-bond acceptors (Lipinski definition) is 3. The molecule has 0 radical (unpaired) electrons. The van der Waals surface area contributed by atoms with Gasteiger partial charge in [0.05, 0.1) is 24.0 Å². The van der Waals surface area contributed by atoms with Crippen LogP contribution in [0.1, 0.15) is 29.2 Å². The van der Waals surface area contributed by atoms with E-state index < -0.39 is 0 Å². The molecular formula is C24H20FN5S. The van der Waals surface area contributed by atoms with E-state index in [4.69, 9.17) is 12.2 Å². The topological polar surface area (TPSA) is 46.0 Å². The van der Waals surface area contributed by atoms with Gasteiger partial charge >= 0.3 is 0 Å². The van der Waals surface area contributed by atoms with Gasteiger partial charge < -0.3 is 14.8 Å². The quantitative estimate of drug-likeness (QED) is 0.468. The minimum absolute atomic E-state index is 0.156. The van der Waals surface area contributed by atoms with Crippen molar-refractivity contribution < 1.29 is 4.39 Å². The molecule has 3 aromatic heterocycles. The zero-order valence-corrected chi connectivity index (χ0v) is 17.4. The monoisotopic (exact) mass is 429 g/mol. The number of nitrogens with one attached hydrogen (secondary N) is 1. The molecule has 1 aliphatic rings. The number of aromatic nitrogens is 3. The van der Waals surface area contributed by atoms with Gasteiger partial charge in [0, 0.05) is 30.0 Å². The zero-order valence-electron chi connectivity index (χ0n) is 16.6. The molecule has 4 aromatic rings. The Bertz CT molecular complexity index is 1180. The van der Waals surface area contributed by atoms with Crippen LogP contribution in [0, 0.1) is 5.82 Å². The first-order chi connectivity index (χ1) is 15.2. The van der Waals surface area contributed by atoms with Crippen LogP contribution in [-0.4, -0.2) is 19.6 Å². The van der Waals surface area contributed by atoms with Crippen LogP contribution in [0.4, 0.5) is 10.1 Å². The third-order valence-corrected chi connectivity index (χ3v) is 5.74. The molecule has 5 rings (SSSR count). The molecule has 0 bridgehead atoms. The van der Waals surface area contributed by atoms with Crippen molar-refractivity contribution in [3.8, 4) is 0 Å². The van der Waals surface area contributed by atoms with E-state index in [-0.39, 0.29) is 17.9 Å². The van der Waals surface area contributed by atoms with Crippen LogP contribution < -0.4 is 10.2 Å². The second kappa shape index (κ2) is 8.28. The summed E-state index contributed by atoms with van der Waals surface area (Å²) in [6.07, 6.45) is 5.63. The Balaban J connectivity index is 1.60. The molecule has 1 aromatic carbocycles. The van der Waals surface area contributed by atoms with Gasteiger partial charge in [-0.3, -0.25) is 9.97 Å². The van der Waals surface area contributed by atoms with E-state index in [2.05, 4.69) is 25.9 Å². The molecule has 0 saturated carbocycles. The highest BCUT2D eigenvalue weighted by atomic mass is 32.1. The van der Waals surface area contributed by atoms with Crippen LogP contribution in [-0.2, 0) is 6.54 Å². The van der Waals surface area contributed by atoms with Gasteiger partial charge in [0.2, 0.25) is 0 Å². The maximum absolute atomic E-state index is 13.6. The summed E-state index contributed by atoms with van der Waals surface area (Å²) in [7, 11) is 0. The first-order valence-corrected chi connectivity index (χ1v) is 10.4. The average molecular weight is 430 g/mol. The summed E-state index contributed by atoms with van der Waals surface area (Å²) in [5, 5.41) is 4.02. The van der Waals surface area contributed by atoms with E-state index in [1.54, 1.807) is 24.5 Å². The molecule has 0 spiro atoms. The summed E-state index contributed by atoms with van der Waals surface area (Å²) >= 11 is 5.73. The Morgan fingerprint density at radius 3 is 2.39 bits per heavy atom. The van der Waals surface area contributed by atoms with Crippen molar-refractivity contribution in [2.45, 2.75) is 18.6 Å². The van der Waals surface area contributed by atoms with Crippen LogP contribution in [0.25, 0.3) is 0 Å². The molecule has 1 fully saturated rings. The molecule has 1 N–H and O–H groups in total. The predicted octanol–water partition coefficient (Wildman–Crippen LogP) is 4.64. The molecular weight excluding hydrogens is 409 g/mol. The van der Waals surface area contributed by atoms with Crippen molar-refractivity contribution in [3.63, 3.8) is 0 Å². The Kier molecular flexibility index (Phi) is 5.18. The lowest BCUT2D eigenvalue weighted by molar-refractivity contribution is 0.532. The molecule has 1 saturated heterocycles.